The molecule has 0 bridgehead atoms. The quantitative estimate of drug-likeness (QED) is 0.296. The second-order valence-electron chi connectivity index (χ2n) is 1.73. The van der Waals surface area contributed by atoms with Gasteiger partial charge in [-0.2, -0.15) is 0 Å². The fourth-order valence-electron chi connectivity index (χ4n) is 0.687. The third-order valence-electron chi connectivity index (χ3n) is 1.15. The summed E-state index contributed by atoms with van der Waals surface area (Å²) >= 11 is 0. The van der Waals surface area contributed by atoms with E-state index < -0.39 is 9.28 Å². The minimum atomic E-state index is -0.794. The Labute approximate surface area is 55.6 Å². The monoisotopic (exact) mass is 164 g/mol. The van der Waals surface area contributed by atoms with Gasteiger partial charge in [-0.15, -0.1) is 0 Å². The topological polar surface area (TPSA) is 48.1 Å². The molecule has 48 valence electrons. The average Bonchev–Trinajstić information content (AvgIpc) is 1.90. The maximum atomic E-state index is 3.45. The van der Waals surface area contributed by atoms with Gasteiger partial charge in [0.05, 0.1) is 0 Å². The van der Waals surface area contributed by atoms with Crippen LogP contribution in [-0.4, -0.2) is 36.0 Å². The molecule has 0 aromatic heterocycles. The summed E-state index contributed by atoms with van der Waals surface area (Å²) in [6.45, 7) is 0. The van der Waals surface area contributed by atoms with Gasteiger partial charge in [0.1, 0.15) is 0 Å². The van der Waals surface area contributed by atoms with Crippen LogP contribution >= 0.6 is 0 Å². The first-order chi connectivity index (χ1) is 3.93. The highest BCUT2D eigenvalue weighted by atomic mass is 28.4. The predicted octanol–water partition coefficient (Wildman–Crippen LogP) is -4.30. The van der Waals surface area contributed by atoms with Crippen molar-refractivity contribution < 1.29 is 0 Å². The van der Waals surface area contributed by atoms with Crippen molar-refractivity contribution in [3.63, 3.8) is 0 Å². The first-order valence-electron chi connectivity index (χ1n) is 2.78. The Morgan fingerprint density at radius 1 is 1.38 bits per heavy atom. The van der Waals surface area contributed by atoms with Crippen LogP contribution in [0.5, 0.6) is 0 Å². The van der Waals surface area contributed by atoms with Crippen molar-refractivity contribution in [1.82, 2.24) is 18.9 Å². The summed E-state index contributed by atoms with van der Waals surface area (Å²) in [5.74, 6) is 0. The summed E-state index contributed by atoms with van der Waals surface area (Å²) in [5.41, 5.74) is 0. The van der Waals surface area contributed by atoms with Crippen LogP contribution in [0, 0.1) is 0 Å². The molecule has 0 unspecified atom stereocenters. The zero-order chi connectivity index (χ0) is 5.82. The molecule has 4 N–H and O–H groups in total. The molecule has 0 aliphatic carbocycles. The van der Waals surface area contributed by atoms with E-state index in [-0.39, 0.29) is 19.7 Å². The van der Waals surface area contributed by atoms with Gasteiger partial charge in [0.2, 0.25) is 0 Å². The Kier molecular flexibility index (Phi) is 2.89. The maximum Gasteiger partial charge on any atom is 0.252 e. The van der Waals surface area contributed by atoms with Crippen molar-refractivity contribution in [3.8, 4) is 0 Å². The minimum Gasteiger partial charge on any atom is -0.346 e. The molecule has 1 aliphatic heterocycles. The lowest BCUT2D eigenvalue weighted by molar-refractivity contribution is 1.08. The van der Waals surface area contributed by atoms with E-state index in [1.807, 2.05) is 7.05 Å². The van der Waals surface area contributed by atoms with Crippen LogP contribution in [0.3, 0.4) is 0 Å². The van der Waals surface area contributed by atoms with Crippen molar-refractivity contribution >= 4 is 29.0 Å². The summed E-state index contributed by atoms with van der Waals surface area (Å²) in [5, 5.41) is 0. The van der Waals surface area contributed by atoms with E-state index in [0.29, 0.717) is 0 Å². The smallest absolute Gasteiger partial charge is 0.252 e. The molecule has 0 radical (unpaired) electrons. The van der Waals surface area contributed by atoms with E-state index in [1.54, 1.807) is 0 Å². The molecular weight excluding hydrogens is 152 g/mol. The van der Waals surface area contributed by atoms with Crippen LogP contribution in [0.25, 0.3) is 0 Å². The molecule has 0 aromatic carbocycles. The van der Waals surface area contributed by atoms with Gasteiger partial charge < -0.3 is 18.9 Å². The van der Waals surface area contributed by atoms with E-state index in [0.717, 1.165) is 0 Å². The van der Waals surface area contributed by atoms with Gasteiger partial charge >= 0.3 is 0 Å². The van der Waals surface area contributed by atoms with Gasteiger partial charge in [-0.05, 0) is 7.05 Å². The number of hydrogen-bond acceptors (Lipinski definition) is 4. The molecule has 7 heteroatoms. The fourth-order valence-corrected chi connectivity index (χ4v) is 10.1. The second-order valence-corrected chi connectivity index (χ2v) is 9.15. The van der Waals surface area contributed by atoms with Crippen LogP contribution in [0.15, 0.2) is 0 Å². The Morgan fingerprint density at radius 3 is 2.38 bits per heavy atom. The van der Waals surface area contributed by atoms with E-state index in [2.05, 4.69) is 18.9 Å². The van der Waals surface area contributed by atoms with Crippen molar-refractivity contribution in [2.45, 2.75) is 0 Å². The molecule has 1 aliphatic rings. The van der Waals surface area contributed by atoms with Gasteiger partial charge in [-0.3, -0.25) is 0 Å². The molecule has 1 saturated heterocycles. The molecule has 0 amide bonds. The van der Waals surface area contributed by atoms with Crippen LogP contribution in [0.2, 0.25) is 0 Å². The summed E-state index contributed by atoms with van der Waals surface area (Å²) < 4.78 is 10.3. The molecule has 0 saturated carbocycles. The second kappa shape index (κ2) is 3.50. The molecule has 0 aromatic rings. The number of hydrogen-bond donors (Lipinski definition) is 4. The van der Waals surface area contributed by atoms with Crippen molar-refractivity contribution in [3.05, 3.63) is 0 Å². The number of nitrogens with one attached hydrogen (secondary N) is 4. The summed E-state index contributed by atoms with van der Waals surface area (Å²) in [7, 11) is 1.12. The Bertz CT molecular complexity index is 62.3. The minimum absolute atomic E-state index is 0.0515. The Balaban J connectivity index is 2.13. The highest BCUT2D eigenvalue weighted by Crippen LogP contribution is 1.61. The van der Waals surface area contributed by atoms with Crippen LogP contribution in [-0.2, 0) is 0 Å². The van der Waals surface area contributed by atoms with E-state index in [4.69, 9.17) is 0 Å². The average molecular weight is 164 g/mol. The first-order valence-corrected chi connectivity index (χ1v) is 7.34. The van der Waals surface area contributed by atoms with E-state index in [9.17, 15) is 0 Å². The molecular formula is CH12N4Si3. The van der Waals surface area contributed by atoms with E-state index >= 15 is 0 Å². The van der Waals surface area contributed by atoms with Crippen LogP contribution in [0.1, 0.15) is 0 Å². The molecule has 1 fully saturated rings. The van der Waals surface area contributed by atoms with Crippen molar-refractivity contribution in [2.24, 2.45) is 0 Å². The zero-order valence-electron chi connectivity index (χ0n) is 4.99. The lowest BCUT2D eigenvalue weighted by Crippen LogP contribution is -2.68. The zero-order valence-corrected chi connectivity index (χ0v) is 8.97. The number of rotatable bonds is 1. The summed E-state index contributed by atoms with van der Waals surface area (Å²) in [6, 6.07) is 0. The highest BCUT2D eigenvalue weighted by Gasteiger charge is 2.09. The SMILES string of the molecule is CN[SiH]1N[SiH2]N[SiH2]N1. The lowest BCUT2D eigenvalue weighted by Gasteiger charge is -2.22. The highest BCUT2D eigenvalue weighted by molar-refractivity contribution is 6.73. The normalized spacial score (nSPS) is 36.4. The molecule has 4 nitrogen and oxygen atoms in total. The van der Waals surface area contributed by atoms with Gasteiger partial charge in [0.15, 0.2) is 19.7 Å². The molecule has 0 atom stereocenters. The van der Waals surface area contributed by atoms with Gasteiger partial charge in [0.25, 0.3) is 9.28 Å². The first kappa shape index (κ1) is 6.61. The summed E-state index contributed by atoms with van der Waals surface area (Å²) in [6.07, 6.45) is 0. The molecule has 0 spiro atoms. The van der Waals surface area contributed by atoms with Crippen molar-refractivity contribution in [1.29, 1.82) is 0 Å². The van der Waals surface area contributed by atoms with Crippen LogP contribution < -0.4 is 18.9 Å². The third-order valence-corrected chi connectivity index (χ3v) is 8.63. The lowest BCUT2D eigenvalue weighted by atomic mass is 11.6. The van der Waals surface area contributed by atoms with Gasteiger partial charge in [-0.1, -0.05) is 0 Å². The molecule has 8 heavy (non-hydrogen) atoms. The third kappa shape index (κ3) is 1.78. The Hall–Kier alpha value is 0.491. The molecule has 1 rings (SSSR count). The van der Waals surface area contributed by atoms with Gasteiger partial charge in [-0.25, -0.2) is 0 Å². The van der Waals surface area contributed by atoms with Gasteiger partial charge in [0, 0.05) is 0 Å². The standard InChI is InChI=1S/CH12N4Si3/c1-2-8-4-6-3-7-5-8/h2-5,8H,6-7H2,1H3. The largest absolute Gasteiger partial charge is 0.346 e. The van der Waals surface area contributed by atoms with Crippen molar-refractivity contribution in [2.75, 3.05) is 7.05 Å². The van der Waals surface area contributed by atoms with E-state index in [1.165, 1.54) is 0 Å². The maximum absolute atomic E-state index is 3.45. The molecule has 1 heterocycles. The summed E-state index contributed by atoms with van der Waals surface area (Å²) in [4.78, 5) is 3.25. The Morgan fingerprint density at radius 2 is 2.00 bits per heavy atom. The van der Waals surface area contributed by atoms with Crippen LogP contribution in [0.4, 0.5) is 0 Å². The predicted molar refractivity (Wildman–Crippen MR) is 42.7 cm³/mol. The fraction of sp³-hybridized carbons (Fsp3) is 1.00.